The second-order valence-electron chi connectivity index (χ2n) is 4.89. The van der Waals surface area contributed by atoms with Gasteiger partial charge in [0.1, 0.15) is 5.82 Å². The fourth-order valence-corrected chi connectivity index (χ4v) is 3.50. The zero-order valence-corrected chi connectivity index (χ0v) is 14.4. The van der Waals surface area contributed by atoms with Crippen LogP contribution in [0.15, 0.2) is 39.6 Å². The molecule has 0 saturated carbocycles. The summed E-state index contributed by atoms with van der Waals surface area (Å²) in [5, 5.41) is 6.74. The Hall–Kier alpha value is -1.53. The molecule has 0 bridgehead atoms. The zero-order chi connectivity index (χ0) is 15.6. The van der Waals surface area contributed by atoms with E-state index < -0.39 is 0 Å². The Morgan fingerprint density at radius 1 is 1.32 bits per heavy atom. The number of nitrogens with two attached hydrogens (primary N) is 1. The van der Waals surface area contributed by atoms with Gasteiger partial charge in [0.2, 0.25) is 5.13 Å². The van der Waals surface area contributed by atoms with Gasteiger partial charge in [0.05, 0.1) is 6.21 Å². The molecule has 0 aliphatic carbocycles. The molecule has 1 heterocycles. The van der Waals surface area contributed by atoms with Crippen LogP contribution in [0.4, 0.5) is 10.9 Å². The number of thioether (sulfide) groups is 1. The molecule has 2 rings (SSSR count). The Labute approximate surface area is 140 Å². The molecule has 0 amide bonds. The van der Waals surface area contributed by atoms with E-state index in [-0.39, 0.29) is 0 Å². The topological polar surface area (TPSA) is 63.3 Å². The van der Waals surface area contributed by atoms with Crippen molar-refractivity contribution in [3.63, 3.8) is 0 Å². The Morgan fingerprint density at radius 3 is 2.95 bits per heavy atom. The molecule has 0 atom stereocenters. The molecule has 0 aliphatic heterocycles. The van der Waals surface area contributed by atoms with Crippen LogP contribution in [0.2, 0.25) is 0 Å². The van der Waals surface area contributed by atoms with Crippen molar-refractivity contribution in [1.29, 1.82) is 0 Å². The van der Waals surface area contributed by atoms with Gasteiger partial charge in [-0.25, -0.2) is 4.98 Å². The maximum Gasteiger partial charge on any atom is 0.205 e. The van der Waals surface area contributed by atoms with E-state index in [9.17, 15) is 0 Å². The first-order valence-corrected chi connectivity index (χ1v) is 9.38. The molecule has 1 aromatic carbocycles. The average Bonchev–Trinajstić information content (AvgIpc) is 2.94. The van der Waals surface area contributed by atoms with Crippen LogP contribution in [-0.4, -0.2) is 17.0 Å². The van der Waals surface area contributed by atoms with Gasteiger partial charge in [0.15, 0.2) is 0 Å². The van der Waals surface area contributed by atoms with Crippen molar-refractivity contribution < 1.29 is 0 Å². The van der Waals surface area contributed by atoms with E-state index in [4.69, 9.17) is 5.73 Å². The van der Waals surface area contributed by atoms with E-state index in [0.717, 1.165) is 11.3 Å². The molecule has 22 heavy (non-hydrogen) atoms. The number of hydrazone groups is 1. The van der Waals surface area contributed by atoms with Gasteiger partial charge in [-0.15, -0.1) is 23.1 Å². The van der Waals surface area contributed by atoms with Gasteiger partial charge in [0, 0.05) is 15.8 Å². The number of nitrogen functional groups attached to an aromatic ring is 1. The summed E-state index contributed by atoms with van der Waals surface area (Å²) in [6.45, 7) is 2.24. The van der Waals surface area contributed by atoms with E-state index in [1.165, 1.54) is 41.9 Å². The second-order valence-corrected chi connectivity index (χ2v) is 6.89. The van der Waals surface area contributed by atoms with Crippen molar-refractivity contribution in [3.05, 3.63) is 35.2 Å². The van der Waals surface area contributed by atoms with E-state index in [1.807, 2.05) is 24.0 Å². The number of rotatable bonds is 9. The quantitative estimate of drug-likeness (QED) is 0.298. The smallest absolute Gasteiger partial charge is 0.205 e. The highest BCUT2D eigenvalue weighted by molar-refractivity contribution is 7.99. The van der Waals surface area contributed by atoms with Crippen LogP contribution >= 0.6 is 23.1 Å². The predicted molar refractivity (Wildman–Crippen MR) is 99.1 cm³/mol. The molecule has 2 aromatic rings. The first kappa shape index (κ1) is 16.8. The van der Waals surface area contributed by atoms with Crippen LogP contribution in [0.1, 0.15) is 38.2 Å². The molecular weight excluding hydrogens is 312 g/mol. The molecule has 0 aliphatic rings. The lowest BCUT2D eigenvalue weighted by atomic mass is 10.2. The van der Waals surface area contributed by atoms with Gasteiger partial charge >= 0.3 is 0 Å². The minimum Gasteiger partial charge on any atom is -0.383 e. The van der Waals surface area contributed by atoms with Crippen molar-refractivity contribution in [2.75, 3.05) is 16.9 Å². The first-order valence-electron chi connectivity index (χ1n) is 7.51. The number of nitrogens with zero attached hydrogens (tertiary/aromatic N) is 2. The molecule has 0 spiro atoms. The largest absolute Gasteiger partial charge is 0.383 e. The van der Waals surface area contributed by atoms with Gasteiger partial charge in [0.25, 0.3) is 0 Å². The van der Waals surface area contributed by atoms with Gasteiger partial charge < -0.3 is 5.73 Å². The van der Waals surface area contributed by atoms with Gasteiger partial charge in [-0.3, -0.25) is 5.43 Å². The molecule has 4 nitrogen and oxygen atoms in total. The lowest BCUT2D eigenvalue weighted by Gasteiger charge is -2.05. The van der Waals surface area contributed by atoms with Crippen LogP contribution in [0, 0.1) is 0 Å². The normalized spacial score (nSPS) is 11.1. The average molecular weight is 335 g/mol. The number of benzene rings is 1. The van der Waals surface area contributed by atoms with Crippen molar-refractivity contribution in [3.8, 4) is 0 Å². The Bertz CT molecular complexity index is 595. The first-order chi connectivity index (χ1) is 10.8. The number of aromatic nitrogens is 1. The third kappa shape index (κ3) is 5.69. The Kier molecular flexibility index (Phi) is 7.25. The summed E-state index contributed by atoms with van der Waals surface area (Å²) in [5.74, 6) is 1.67. The summed E-state index contributed by atoms with van der Waals surface area (Å²) in [6.07, 6.45) is 7.02. The van der Waals surface area contributed by atoms with Crippen molar-refractivity contribution in [2.45, 2.75) is 37.5 Å². The molecule has 1 aromatic heterocycles. The lowest BCUT2D eigenvalue weighted by Crippen LogP contribution is -1.93. The zero-order valence-electron chi connectivity index (χ0n) is 12.8. The summed E-state index contributed by atoms with van der Waals surface area (Å²) in [5.41, 5.74) is 9.62. The maximum atomic E-state index is 5.58. The van der Waals surface area contributed by atoms with Crippen molar-refractivity contribution >= 4 is 40.3 Å². The third-order valence-corrected chi connectivity index (χ3v) is 5.00. The van der Waals surface area contributed by atoms with Crippen molar-refractivity contribution in [2.24, 2.45) is 5.10 Å². The van der Waals surface area contributed by atoms with Crippen LogP contribution in [0.5, 0.6) is 0 Å². The fourth-order valence-electron chi connectivity index (χ4n) is 1.92. The van der Waals surface area contributed by atoms with E-state index in [1.54, 1.807) is 5.38 Å². The number of nitrogens with one attached hydrogen (secondary N) is 1. The van der Waals surface area contributed by atoms with Crippen LogP contribution in [-0.2, 0) is 0 Å². The molecule has 0 saturated heterocycles. The molecule has 118 valence electrons. The van der Waals surface area contributed by atoms with Crippen LogP contribution < -0.4 is 11.2 Å². The maximum absolute atomic E-state index is 5.58. The van der Waals surface area contributed by atoms with Gasteiger partial charge in [-0.1, -0.05) is 44.4 Å². The molecule has 0 radical (unpaired) electrons. The monoisotopic (exact) mass is 334 g/mol. The van der Waals surface area contributed by atoms with Gasteiger partial charge in [-0.2, -0.15) is 5.10 Å². The molecule has 0 unspecified atom stereocenters. The third-order valence-electron chi connectivity index (χ3n) is 3.06. The van der Waals surface area contributed by atoms with E-state index in [2.05, 4.69) is 40.6 Å². The molecule has 6 heteroatoms. The second kappa shape index (κ2) is 9.48. The highest BCUT2D eigenvalue weighted by atomic mass is 32.2. The number of hydrogen-bond acceptors (Lipinski definition) is 6. The van der Waals surface area contributed by atoms with Crippen LogP contribution in [0.25, 0.3) is 0 Å². The number of thiazole rings is 1. The summed E-state index contributed by atoms with van der Waals surface area (Å²) in [6, 6.07) is 8.33. The summed E-state index contributed by atoms with van der Waals surface area (Å²) < 4.78 is 0. The molecular formula is C16H22N4S2. The minimum absolute atomic E-state index is 0.519. The summed E-state index contributed by atoms with van der Waals surface area (Å²) in [7, 11) is 0. The SMILES string of the molecule is CCCCCCSc1ccccc1C=NNc1nc(N)cs1. The standard InChI is InChI=1S/C16H22N4S2/c1-2-3-4-7-10-21-14-9-6-5-8-13(14)11-18-20-16-19-15(17)12-22-16/h5-6,8-9,11-12H,2-4,7,10,17H2,1H3,(H,19,20). The highest BCUT2D eigenvalue weighted by Crippen LogP contribution is 2.23. The highest BCUT2D eigenvalue weighted by Gasteiger charge is 2.01. The molecule has 3 N–H and O–H groups in total. The van der Waals surface area contributed by atoms with Gasteiger partial charge in [-0.05, 0) is 18.2 Å². The van der Waals surface area contributed by atoms with E-state index in [0.29, 0.717) is 10.9 Å². The summed E-state index contributed by atoms with van der Waals surface area (Å²) >= 11 is 3.34. The molecule has 0 fully saturated rings. The lowest BCUT2D eigenvalue weighted by molar-refractivity contribution is 0.706. The van der Waals surface area contributed by atoms with Crippen molar-refractivity contribution in [1.82, 2.24) is 4.98 Å². The number of unbranched alkanes of at least 4 members (excludes halogenated alkanes) is 3. The number of anilines is 2. The fraction of sp³-hybridized carbons (Fsp3) is 0.375. The Balaban J connectivity index is 1.87. The van der Waals surface area contributed by atoms with E-state index >= 15 is 0 Å². The minimum atomic E-state index is 0.519. The Morgan fingerprint density at radius 2 is 2.18 bits per heavy atom. The number of hydrogen-bond donors (Lipinski definition) is 2. The predicted octanol–water partition coefficient (Wildman–Crippen LogP) is 4.84. The summed E-state index contributed by atoms with van der Waals surface area (Å²) in [4.78, 5) is 5.38. The van der Waals surface area contributed by atoms with Crippen LogP contribution in [0.3, 0.4) is 0 Å².